The van der Waals surface area contributed by atoms with Crippen molar-refractivity contribution in [2.75, 3.05) is 20.1 Å². The number of aromatic amines is 1. The molecule has 106 valence electrons. The third-order valence-corrected chi connectivity index (χ3v) is 3.96. The number of nitrogens with zero attached hydrogens (tertiary/aromatic N) is 5. The first-order chi connectivity index (χ1) is 10.3. The van der Waals surface area contributed by atoms with E-state index in [2.05, 4.69) is 50.3 Å². The fourth-order valence-corrected chi connectivity index (χ4v) is 2.74. The Morgan fingerprint density at radius 2 is 2.29 bits per heavy atom. The predicted molar refractivity (Wildman–Crippen MR) is 81.1 cm³/mol. The van der Waals surface area contributed by atoms with Crippen LogP contribution in [0.1, 0.15) is 12.0 Å². The van der Waals surface area contributed by atoms with Crippen molar-refractivity contribution in [1.82, 2.24) is 29.6 Å². The Kier molecular flexibility index (Phi) is 2.82. The van der Waals surface area contributed by atoms with Gasteiger partial charge in [-0.15, -0.1) is 0 Å². The maximum absolute atomic E-state index is 4.42. The summed E-state index contributed by atoms with van der Waals surface area (Å²) in [4.78, 5) is 14.0. The highest BCUT2D eigenvalue weighted by Gasteiger charge is 2.14. The SMILES string of the molecule is CN1CC=C(c2c[nH]c3cnc(-n4cncn4)cc23)CC1. The molecule has 0 bridgehead atoms. The second-order valence-electron chi connectivity index (χ2n) is 5.37. The van der Waals surface area contributed by atoms with Crippen LogP contribution in [-0.4, -0.2) is 49.8 Å². The van der Waals surface area contributed by atoms with Gasteiger partial charge in [-0.05, 0) is 25.1 Å². The van der Waals surface area contributed by atoms with Crippen molar-refractivity contribution >= 4 is 16.5 Å². The van der Waals surface area contributed by atoms with Gasteiger partial charge in [0.15, 0.2) is 5.82 Å². The number of H-pyrrole nitrogens is 1. The van der Waals surface area contributed by atoms with Gasteiger partial charge in [0, 0.05) is 30.2 Å². The summed E-state index contributed by atoms with van der Waals surface area (Å²) in [6.07, 6.45) is 10.5. The van der Waals surface area contributed by atoms with E-state index in [-0.39, 0.29) is 0 Å². The molecule has 6 nitrogen and oxygen atoms in total. The minimum absolute atomic E-state index is 0.786. The Labute approximate surface area is 122 Å². The molecule has 0 fully saturated rings. The number of pyridine rings is 1. The van der Waals surface area contributed by atoms with E-state index in [1.54, 1.807) is 11.0 Å². The molecule has 0 saturated heterocycles. The van der Waals surface area contributed by atoms with E-state index in [9.17, 15) is 0 Å². The van der Waals surface area contributed by atoms with E-state index in [1.165, 1.54) is 22.9 Å². The van der Waals surface area contributed by atoms with Gasteiger partial charge < -0.3 is 9.88 Å². The lowest BCUT2D eigenvalue weighted by molar-refractivity contribution is 0.370. The first-order valence-electron chi connectivity index (χ1n) is 7.01. The topological polar surface area (TPSA) is 62.6 Å². The van der Waals surface area contributed by atoms with Crippen LogP contribution in [0.4, 0.5) is 0 Å². The van der Waals surface area contributed by atoms with Crippen LogP contribution in [0.5, 0.6) is 0 Å². The summed E-state index contributed by atoms with van der Waals surface area (Å²) in [7, 11) is 2.15. The highest BCUT2D eigenvalue weighted by atomic mass is 15.3. The molecule has 6 heteroatoms. The average molecular weight is 280 g/mol. The van der Waals surface area contributed by atoms with Crippen LogP contribution in [0.2, 0.25) is 0 Å². The Morgan fingerprint density at radius 1 is 1.33 bits per heavy atom. The Bertz CT molecular complexity index is 799. The summed E-state index contributed by atoms with van der Waals surface area (Å²) in [5.74, 6) is 0.786. The third kappa shape index (κ3) is 2.13. The van der Waals surface area contributed by atoms with E-state index >= 15 is 0 Å². The normalized spacial score (nSPS) is 16.3. The number of hydrogen-bond acceptors (Lipinski definition) is 4. The van der Waals surface area contributed by atoms with Gasteiger partial charge in [0.2, 0.25) is 0 Å². The zero-order valence-corrected chi connectivity index (χ0v) is 11.8. The highest BCUT2D eigenvalue weighted by Crippen LogP contribution is 2.29. The fourth-order valence-electron chi connectivity index (χ4n) is 2.74. The molecular weight excluding hydrogens is 264 g/mol. The first kappa shape index (κ1) is 12.3. The van der Waals surface area contributed by atoms with Crippen molar-refractivity contribution in [1.29, 1.82) is 0 Å². The predicted octanol–water partition coefficient (Wildman–Crippen LogP) is 1.86. The zero-order valence-electron chi connectivity index (χ0n) is 11.8. The van der Waals surface area contributed by atoms with Crippen LogP contribution in [0.25, 0.3) is 22.3 Å². The molecule has 0 amide bonds. The largest absolute Gasteiger partial charge is 0.359 e. The van der Waals surface area contributed by atoms with Gasteiger partial charge in [0.05, 0.1) is 11.7 Å². The molecule has 1 aliphatic heterocycles. The smallest absolute Gasteiger partial charge is 0.155 e. The molecule has 4 rings (SSSR count). The van der Waals surface area contributed by atoms with Gasteiger partial charge >= 0.3 is 0 Å². The number of aromatic nitrogens is 5. The van der Waals surface area contributed by atoms with Crippen LogP contribution in [-0.2, 0) is 0 Å². The van der Waals surface area contributed by atoms with Crippen LogP contribution in [0.15, 0.2) is 37.2 Å². The maximum atomic E-state index is 4.42. The van der Waals surface area contributed by atoms with E-state index in [4.69, 9.17) is 0 Å². The zero-order chi connectivity index (χ0) is 14.2. The van der Waals surface area contributed by atoms with Crippen LogP contribution in [0.3, 0.4) is 0 Å². The van der Waals surface area contributed by atoms with Crippen molar-refractivity contribution in [3.05, 3.63) is 42.8 Å². The molecule has 3 aromatic heterocycles. The van der Waals surface area contributed by atoms with Crippen molar-refractivity contribution in [2.45, 2.75) is 6.42 Å². The third-order valence-electron chi connectivity index (χ3n) is 3.96. The van der Waals surface area contributed by atoms with Crippen molar-refractivity contribution in [2.24, 2.45) is 0 Å². The molecular formula is C15H16N6. The summed E-state index contributed by atoms with van der Waals surface area (Å²) in [5, 5.41) is 5.33. The molecule has 1 aliphatic rings. The van der Waals surface area contributed by atoms with E-state index in [0.717, 1.165) is 30.8 Å². The maximum Gasteiger partial charge on any atom is 0.155 e. The standard InChI is InChI=1S/C15H16N6/c1-20-4-2-11(3-5-20)13-7-17-14-8-18-15(6-12(13)14)21-10-16-9-19-21/h2,6-10,17H,3-5H2,1H3. The van der Waals surface area contributed by atoms with Gasteiger partial charge in [-0.1, -0.05) is 6.08 Å². The lowest BCUT2D eigenvalue weighted by Crippen LogP contribution is -2.23. The lowest BCUT2D eigenvalue weighted by Gasteiger charge is -2.21. The molecule has 0 spiro atoms. The molecule has 21 heavy (non-hydrogen) atoms. The molecule has 0 radical (unpaired) electrons. The minimum atomic E-state index is 0.786. The second kappa shape index (κ2) is 4.82. The Hall–Kier alpha value is -2.47. The van der Waals surface area contributed by atoms with Gasteiger partial charge in [-0.2, -0.15) is 5.10 Å². The van der Waals surface area contributed by atoms with Crippen molar-refractivity contribution in [3.8, 4) is 5.82 Å². The molecule has 3 aromatic rings. The second-order valence-corrected chi connectivity index (χ2v) is 5.37. The van der Waals surface area contributed by atoms with Crippen LogP contribution < -0.4 is 0 Å². The number of fused-ring (bicyclic) bond motifs is 1. The molecule has 0 unspecified atom stereocenters. The van der Waals surface area contributed by atoms with Crippen molar-refractivity contribution in [3.63, 3.8) is 0 Å². The monoisotopic (exact) mass is 280 g/mol. The Morgan fingerprint density at radius 3 is 3.05 bits per heavy atom. The van der Waals surface area contributed by atoms with Gasteiger partial charge in [-0.25, -0.2) is 14.6 Å². The highest BCUT2D eigenvalue weighted by molar-refractivity contribution is 5.93. The molecule has 0 aromatic carbocycles. The summed E-state index contributed by atoms with van der Waals surface area (Å²) in [6.45, 7) is 2.10. The molecule has 0 aliphatic carbocycles. The van der Waals surface area contributed by atoms with Gasteiger partial charge in [-0.3, -0.25) is 0 Å². The minimum Gasteiger partial charge on any atom is -0.359 e. The molecule has 1 N–H and O–H groups in total. The van der Waals surface area contributed by atoms with Crippen LogP contribution in [0, 0.1) is 0 Å². The summed E-state index contributed by atoms with van der Waals surface area (Å²) >= 11 is 0. The average Bonchev–Trinajstić information content (AvgIpc) is 3.17. The van der Waals surface area contributed by atoms with Crippen molar-refractivity contribution < 1.29 is 0 Å². The first-order valence-corrected chi connectivity index (χ1v) is 7.01. The van der Waals surface area contributed by atoms with E-state index in [1.807, 2.05) is 6.20 Å². The number of likely N-dealkylation sites (N-methyl/N-ethyl adjacent to an activating group) is 1. The Balaban J connectivity index is 1.81. The summed E-state index contributed by atoms with van der Waals surface area (Å²) in [5.41, 5.74) is 3.71. The van der Waals surface area contributed by atoms with E-state index in [0.29, 0.717) is 0 Å². The number of nitrogens with one attached hydrogen (secondary N) is 1. The summed E-state index contributed by atoms with van der Waals surface area (Å²) in [6, 6.07) is 2.06. The quantitative estimate of drug-likeness (QED) is 0.778. The molecule has 0 atom stereocenters. The molecule has 4 heterocycles. The summed E-state index contributed by atoms with van der Waals surface area (Å²) < 4.78 is 1.68. The fraction of sp³-hybridized carbons (Fsp3) is 0.267. The van der Waals surface area contributed by atoms with Crippen LogP contribution >= 0.6 is 0 Å². The van der Waals surface area contributed by atoms with Gasteiger partial charge in [0.25, 0.3) is 0 Å². The number of rotatable bonds is 2. The lowest BCUT2D eigenvalue weighted by atomic mass is 9.99. The molecule has 0 saturated carbocycles. The number of hydrogen-bond donors (Lipinski definition) is 1. The van der Waals surface area contributed by atoms with E-state index < -0.39 is 0 Å². The van der Waals surface area contributed by atoms with Gasteiger partial charge in [0.1, 0.15) is 12.7 Å².